The molecule has 0 bridgehead atoms. The molecule has 2 aromatic rings. The summed E-state index contributed by atoms with van der Waals surface area (Å²) in [6.07, 6.45) is 1.23. The molecular weight excluding hydrogens is 334 g/mol. The third-order valence-electron chi connectivity index (χ3n) is 2.50. The van der Waals surface area contributed by atoms with Crippen LogP contribution < -0.4 is 4.74 Å². The van der Waals surface area contributed by atoms with Crippen LogP contribution in [0.1, 0.15) is 15.9 Å². The van der Waals surface area contributed by atoms with Crippen LogP contribution in [0.15, 0.2) is 35.5 Å². The molecule has 0 aliphatic carbocycles. The fourth-order valence-corrected chi connectivity index (χ4v) is 1.87. The van der Waals surface area contributed by atoms with Crippen molar-refractivity contribution in [2.75, 3.05) is 7.11 Å². The van der Waals surface area contributed by atoms with Crippen LogP contribution in [-0.4, -0.2) is 24.3 Å². The van der Waals surface area contributed by atoms with Crippen molar-refractivity contribution >= 4 is 35.4 Å². The minimum absolute atomic E-state index is 0.0547. The molecule has 22 heavy (non-hydrogen) atoms. The SMILES string of the molecule is COc1cc(C(=O)O/N=C/c2ccc(F)c(Cl)c2)cc(Cl)n1. The lowest BCUT2D eigenvalue weighted by atomic mass is 10.2. The second-order valence-electron chi connectivity index (χ2n) is 4.01. The lowest BCUT2D eigenvalue weighted by molar-refractivity contribution is 0.0518. The maximum Gasteiger partial charge on any atom is 0.366 e. The third kappa shape index (κ3) is 4.16. The summed E-state index contributed by atoms with van der Waals surface area (Å²) < 4.78 is 17.9. The number of hydrogen-bond donors (Lipinski definition) is 0. The summed E-state index contributed by atoms with van der Waals surface area (Å²) in [5, 5.41) is 3.54. The van der Waals surface area contributed by atoms with Crippen LogP contribution in [0.2, 0.25) is 10.2 Å². The molecule has 0 atom stereocenters. The number of nitrogens with zero attached hydrogens (tertiary/aromatic N) is 2. The van der Waals surface area contributed by atoms with Gasteiger partial charge < -0.3 is 9.57 Å². The van der Waals surface area contributed by atoms with Gasteiger partial charge in [-0.2, -0.15) is 0 Å². The van der Waals surface area contributed by atoms with Crippen LogP contribution in [0.25, 0.3) is 0 Å². The zero-order chi connectivity index (χ0) is 16.1. The van der Waals surface area contributed by atoms with Gasteiger partial charge in [0, 0.05) is 6.07 Å². The molecule has 0 aliphatic heterocycles. The van der Waals surface area contributed by atoms with Gasteiger partial charge in [-0.15, -0.1) is 0 Å². The Balaban J connectivity index is 2.07. The Hall–Kier alpha value is -2.18. The first-order valence-electron chi connectivity index (χ1n) is 5.91. The van der Waals surface area contributed by atoms with E-state index in [1.807, 2.05) is 0 Å². The second kappa shape index (κ2) is 7.20. The van der Waals surface area contributed by atoms with Crippen LogP contribution >= 0.6 is 23.2 Å². The monoisotopic (exact) mass is 342 g/mol. The summed E-state index contributed by atoms with van der Waals surface area (Å²) >= 11 is 11.4. The Labute approximate surface area is 135 Å². The molecule has 0 aliphatic rings. The zero-order valence-corrected chi connectivity index (χ0v) is 12.7. The van der Waals surface area contributed by atoms with Gasteiger partial charge in [-0.1, -0.05) is 34.4 Å². The normalized spacial score (nSPS) is 10.7. The van der Waals surface area contributed by atoms with Crippen LogP contribution in [-0.2, 0) is 4.84 Å². The smallest absolute Gasteiger partial charge is 0.366 e. The Morgan fingerprint density at radius 2 is 2.09 bits per heavy atom. The van der Waals surface area contributed by atoms with E-state index in [0.29, 0.717) is 5.56 Å². The summed E-state index contributed by atoms with van der Waals surface area (Å²) in [7, 11) is 1.39. The van der Waals surface area contributed by atoms with Crippen molar-refractivity contribution in [3.63, 3.8) is 0 Å². The quantitative estimate of drug-likeness (QED) is 0.367. The van der Waals surface area contributed by atoms with E-state index < -0.39 is 11.8 Å². The predicted octanol–water partition coefficient (Wildman–Crippen LogP) is 3.73. The number of pyridine rings is 1. The third-order valence-corrected chi connectivity index (χ3v) is 2.98. The van der Waals surface area contributed by atoms with E-state index in [9.17, 15) is 9.18 Å². The van der Waals surface area contributed by atoms with Crippen molar-refractivity contribution in [1.82, 2.24) is 4.98 Å². The Kier molecular flexibility index (Phi) is 5.30. The number of methoxy groups -OCH3 is 1. The molecule has 1 aromatic heterocycles. The van der Waals surface area contributed by atoms with Gasteiger partial charge >= 0.3 is 5.97 Å². The summed E-state index contributed by atoms with van der Waals surface area (Å²) in [5.41, 5.74) is 0.607. The maximum absolute atomic E-state index is 13.0. The summed E-state index contributed by atoms with van der Waals surface area (Å²) in [6.45, 7) is 0. The lowest BCUT2D eigenvalue weighted by Gasteiger charge is -2.02. The number of carbonyl (C=O) groups excluding carboxylic acids is 1. The van der Waals surface area contributed by atoms with Crippen LogP contribution in [0.5, 0.6) is 5.88 Å². The van der Waals surface area contributed by atoms with Gasteiger partial charge in [-0.3, -0.25) is 0 Å². The molecule has 0 spiro atoms. The molecule has 0 N–H and O–H groups in total. The van der Waals surface area contributed by atoms with Crippen molar-refractivity contribution in [3.8, 4) is 5.88 Å². The molecule has 0 saturated heterocycles. The number of carbonyl (C=O) groups is 1. The van der Waals surface area contributed by atoms with Crippen LogP contribution in [0.3, 0.4) is 0 Å². The van der Waals surface area contributed by atoms with Crippen LogP contribution in [0.4, 0.5) is 4.39 Å². The van der Waals surface area contributed by atoms with Crippen molar-refractivity contribution < 1.29 is 18.8 Å². The average molecular weight is 343 g/mol. The largest absolute Gasteiger partial charge is 0.481 e. The van der Waals surface area contributed by atoms with Gasteiger partial charge in [0.05, 0.1) is 23.9 Å². The highest BCUT2D eigenvalue weighted by molar-refractivity contribution is 6.31. The first-order chi connectivity index (χ1) is 10.5. The Bertz CT molecular complexity index is 738. The molecule has 114 valence electrons. The highest BCUT2D eigenvalue weighted by Gasteiger charge is 2.11. The molecule has 0 radical (unpaired) electrons. The van der Waals surface area contributed by atoms with Crippen molar-refractivity contribution in [3.05, 3.63) is 57.5 Å². The summed E-state index contributed by atoms with van der Waals surface area (Å²) in [4.78, 5) is 20.3. The molecule has 5 nitrogen and oxygen atoms in total. The number of rotatable bonds is 4. The summed E-state index contributed by atoms with van der Waals surface area (Å²) in [6, 6.07) is 6.64. The van der Waals surface area contributed by atoms with Gasteiger partial charge in [0.15, 0.2) is 0 Å². The number of benzene rings is 1. The highest BCUT2D eigenvalue weighted by atomic mass is 35.5. The first-order valence-corrected chi connectivity index (χ1v) is 6.66. The van der Waals surface area contributed by atoms with E-state index in [-0.39, 0.29) is 21.6 Å². The van der Waals surface area contributed by atoms with Gasteiger partial charge in [-0.05, 0) is 23.8 Å². The zero-order valence-electron chi connectivity index (χ0n) is 11.2. The van der Waals surface area contributed by atoms with Gasteiger partial charge in [0.25, 0.3) is 0 Å². The molecule has 0 amide bonds. The molecule has 2 rings (SSSR count). The maximum atomic E-state index is 13.0. The minimum Gasteiger partial charge on any atom is -0.481 e. The molecule has 0 unspecified atom stereocenters. The number of halogens is 3. The predicted molar refractivity (Wildman–Crippen MR) is 80.2 cm³/mol. The summed E-state index contributed by atoms with van der Waals surface area (Å²) in [5.74, 6) is -1.12. The number of oxime groups is 1. The average Bonchev–Trinajstić information content (AvgIpc) is 2.50. The fourth-order valence-electron chi connectivity index (χ4n) is 1.48. The molecule has 1 heterocycles. The topological polar surface area (TPSA) is 60.8 Å². The van der Waals surface area contributed by atoms with E-state index in [0.717, 1.165) is 0 Å². The fraction of sp³-hybridized carbons (Fsp3) is 0.0714. The highest BCUT2D eigenvalue weighted by Crippen LogP contribution is 2.17. The standard InChI is InChI=1S/C14H9Cl2FN2O3/c1-21-13-6-9(5-12(16)19-13)14(20)22-18-7-8-2-3-11(17)10(15)4-8/h2-7H,1H3/b18-7+. The molecule has 0 fully saturated rings. The molecule has 0 saturated carbocycles. The number of ether oxygens (including phenoxy) is 1. The van der Waals surface area contributed by atoms with E-state index in [4.69, 9.17) is 32.8 Å². The minimum atomic E-state index is -0.743. The lowest BCUT2D eigenvalue weighted by Crippen LogP contribution is -2.03. The molecular formula is C14H9Cl2FN2O3. The molecule has 1 aromatic carbocycles. The van der Waals surface area contributed by atoms with Crippen molar-refractivity contribution in [2.45, 2.75) is 0 Å². The van der Waals surface area contributed by atoms with E-state index in [2.05, 4.69) is 10.1 Å². The van der Waals surface area contributed by atoms with E-state index in [1.54, 1.807) is 0 Å². The van der Waals surface area contributed by atoms with Crippen molar-refractivity contribution in [1.29, 1.82) is 0 Å². The van der Waals surface area contributed by atoms with Crippen LogP contribution in [0, 0.1) is 5.82 Å². The molecule has 8 heteroatoms. The Morgan fingerprint density at radius 3 is 2.77 bits per heavy atom. The Morgan fingerprint density at radius 1 is 1.32 bits per heavy atom. The number of hydrogen-bond acceptors (Lipinski definition) is 5. The van der Waals surface area contributed by atoms with Crippen molar-refractivity contribution in [2.24, 2.45) is 5.16 Å². The van der Waals surface area contributed by atoms with Gasteiger partial charge in [-0.25, -0.2) is 14.2 Å². The second-order valence-corrected chi connectivity index (χ2v) is 4.80. The first kappa shape index (κ1) is 16.2. The number of aromatic nitrogens is 1. The van der Waals surface area contributed by atoms with E-state index >= 15 is 0 Å². The van der Waals surface area contributed by atoms with Gasteiger partial charge in [0.2, 0.25) is 5.88 Å². The van der Waals surface area contributed by atoms with Gasteiger partial charge in [0.1, 0.15) is 11.0 Å². The van der Waals surface area contributed by atoms with E-state index in [1.165, 1.54) is 43.7 Å².